The van der Waals surface area contributed by atoms with E-state index in [1.54, 1.807) is 18.2 Å². The number of thioether (sulfide) groups is 1. The minimum atomic E-state index is -0.350. The molecule has 0 aliphatic heterocycles. The first-order valence-corrected chi connectivity index (χ1v) is 9.18. The molecule has 0 atom stereocenters. The van der Waals surface area contributed by atoms with Crippen molar-refractivity contribution in [2.75, 3.05) is 24.7 Å². The van der Waals surface area contributed by atoms with E-state index in [1.165, 1.54) is 11.8 Å². The van der Waals surface area contributed by atoms with Crippen molar-refractivity contribution in [2.45, 2.75) is 5.75 Å². The highest BCUT2D eigenvalue weighted by atomic mass is 35.5. The van der Waals surface area contributed by atoms with Crippen molar-refractivity contribution in [3.63, 3.8) is 0 Å². The molecule has 0 bridgehead atoms. The molecule has 132 valence electrons. The van der Waals surface area contributed by atoms with Crippen molar-refractivity contribution in [2.24, 2.45) is 0 Å². The largest absolute Gasteiger partial charge is 0.378 e. The monoisotopic (exact) mass is 377 g/mol. The van der Waals surface area contributed by atoms with Gasteiger partial charge in [-0.2, -0.15) is 0 Å². The van der Waals surface area contributed by atoms with Gasteiger partial charge in [0.15, 0.2) is 0 Å². The zero-order valence-corrected chi connectivity index (χ0v) is 15.7. The number of hydrogen-bond donors (Lipinski definition) is 2. The number of hydrazine groups is 1. The SMILES string of the molecule is CN(C)c1cccc(C(=O)NNC(=O)CSCc2cccc(Cl)c2)c1. The van der Waals surface area contributed by atoms with Gasteiger partial charge in [-0.25, -0.2) is 0 Å². The van der Waals surface area contributed by atoms with E-state index in [1.807, 2.05) is 49.3 Å². The van der Waals surface area contributed by atoms with Crippen molar-refractivity contribution in [3.8, 4) is 0 Å². The second-order valence-electron chi connectivity index (χ2n) is 5.57. The van der Waals surface area contributed by atoms with Gasteiger partial charge in [0.1, 0.15) is 0 Å². The van der Waals surface area contributed by atoms with E-state index in [9.17, 15) is 9.59 Å². The molecule has 0 unspecified atom stereocenters. The first-order valence-electron chi connectivity index (χ1n) is 7.64. The third-order valence-electron chi connectivity index (χ3n) is 3.33. The molecule has 0 aliphatic rings. The summed E-state index contributed by atoms with van der Waals surface area (Å²) in [5.41, 5.74) is 7.31. The predicted octanol–water partition coefficient (Wildman–Crippen LogP) is 3.10. The van der Waals surface area contributed by atoms with Crippen LogP contribution in [0.1, 0.15) is 15.9 Å². The summed E-state index contributed by atoms with van der Waals surface area (Å²) in [6.45, 7) is 0. The molecule has 0 radical (unpaired) electrons. The number of anilines is 1. The topological polar surface area (TPSA) is 61.4 Å². The second kappa shape index (κ2) is 9.34. The third-order valence-corrected chi connectivity index (χ3v) is 4.57. The Hall–Kier alpha value is -2.18. The Bertz CT molecular complexity index is 753. The summed E-state index contributed by atoms with van der Waals surface area (Å²) in [5, 5.41) is 0.676. The number of carbonyl (C=O) groups excluding carboxylic acids is 2. The van der Waals surface area contributed by atoms with E-state index in [0.29, 0.717) is 16.3 Å². The second-order valence-corrected chi connectivity index (χ2v) is 6.99. The average Bonchev–Trinajstić information content (AvgIpc) is 2.60. The van der Waals surface area contributed by atoms with Crippen molar-refractivity contribution in [3.05, 3.63) is 64.7 Å². The van der Waals surface area contributed by atoms with Gasteiger partial charge >= 0.3 is 0 Å². The lowest BCUT2D eigenvalue weighted by molar-refractivity contribution is -0.119. The van der Waals surface area contributed by atoms with E-state index in [-0.39, 0.29) is 17.6 Å². The van der Waals surface area contributed by atoms with Gasteiger partial charge in [0.25, 0.3) is 5.91 Å². The molecular formula is C18H20ClN3O2S. The van der Waals surface area contributed by atoms with Crippen LogP contribution in [0.3, 0.4) is 0 Å². The fraction of sp³-hybridized carbons (Fsp3) is 0.222. The highest BCUT2D eigenvalue weighted by molar-refractivity contribution is 7.99. The summed E-state index contributed by atoms with van der Waals surface area (Å²) in [5.74, 6) is 0.304. The van der Waals surface area contributed by atoms with Gasteiger partial charge in [0, 0.05) is 36.1 Å². The van der Waals surface area contributed by atoms with Crippen LogP contribution >= 0.6 is 23.4 Å². The Morgan fingerprint density at radius 3 is 2.56 bits per heavy atom. The summed E-state index contributed by atoms with van der Waals surface area (Å²) in [6, 6.07) is 14.7. The molecule has 7 heteroatoms. The van der Waals surface area contributed by atoms with E-state index >= 15 is 0 Å². The number of carbonyl (C=O) groups is 2. The highest BCUT2D eigenvalue weighted by Crippen LogP contribution is 2.16. The lowest BCUT2D eigenvalue weighted by Crippen LogP contribution is -2.42. The number of nitrogens with zero attached hydrogens (tertiary/aromatic N) is 1. The molecule has 2 rings (SSSR count). The Labute approximate surface area is 156 Å². The van der Waals surface area contributed by atoms with Crippen LogP contribution < -0.4 is 15.8 Å². The maximum absolute atomic E-state index is 12.1. The maximum atomic E-state index is 12.1. The van der Waals surface area contributed by atoms with Crippen molar-refractivity contribution >= 4 is 40.9 Å². The summed E-state index contributed by atoms with van der Waals surface area (Å²) in [4.78, 5) is 25.8. The normalized spacial score (nSPS) is 10.2. The number of rotatable bonds is 6. The number of nitrogens with one attached hydrogen (secondary N) is 2. The van der Waals surface area contributed by atoms with Crippen LogP contribution in [0.25, 0.3) is 0 Å². The molecule has 2 N–H and O–H groups in total. The van der Waals surface area contributed by atoms with Crippen LogP contribution in [0.4, 0.5) is 5.69 Å². The standard InChI is InChI=1S/C18H20ClN3O2S/c1-22(2)16-8-4-6-14(10-16)18(24)21-20-17(23)12-25-11-13-5-3-7-15(19)9-13/h3-10H,11-12H2,1-2H3,(H,20,23)(H,21,24). The smallest absolute Gasteiger partial charge is 0.269 e. The highest BCUT2D eigenvalue weighted by Gasteiger charge is 2.09. The van der Waals surface area contributed by atoms with Gasteiger partial charge < -0.3 is 4.90 Å². The molecule has 2 aromatic carbocycles. The maximum Gasteiger partial charge on any atom is 0.269 e. The lowest BCUT2D eigenvalue weighted by atomic mass is 10.2. The van der Waals surface area contributed by atoms with Crippen molar-refractivity contribution in [1.82, 2.24) is 10.9 Å². The number of amides is 2. The summed E-state index contributed by atoms with van der Waals surface area (Å²) in [7, 11) is 3.80. The first-order chi connectivity index (χ1) is 12.0. The minimum Gasteiger partial charge on any atom is -0.378 e. The van der Waals surface area contributed by atoms with Crippen LogP contribution in [0.15, 0.2) is 48.5 Å². The van der Waals surface area contributed by atoms with Gasteiger partial charge in [0.2, 0.25) is 5.91 Å². The van der Waals surface area contributed by atoms with E-state index in [2.05, 4.69) is 10.9 Å². The first kappa shape index (κ1) is 19.1. The molecule has 2 aromatic rings. The van der Waals surface area contributed by atoms with Crippen LogP contribution in [-0.2, 0) is 10.5 Å². The number of halogens is 1. The van der Waals surface area contributed by atoms with Crippen molar-refractivity contribution in [1.29, 1.82) is 0 Å². The predicted molar refractivity (Wildman–Crippen MR) is 104 cm³/mol. The van der Waals surface area contributed by atoms with E-state index < -0.39 is 0 Å². The fourth-order valence-corrected chi connectivity index (χ4v) is 3.04. The Kier molecular flexibility index (Phi) is 7.16. The number of hydrogen-bond acceptors (Lipinski definition) is 4. The quantitative estimate of drug-likeness (QED) is 0.759. The lowest BCUT2D eigenvalue weighted by Gasteiger charge is -2.13. The van der Waals surface area contributed by atoms with Gasteiger partial charge in [-0.15, -0.1) is 11.8 Å². The Balaban J connectivity index is 1.76. The summed E-state index contributed by atoms with van der Waals surface area (Å²) < 4.78 is 0. The van der Waals surface area contributed by atoms with Gasteiger partial charge in [-0.3, -0.25) is 20.4 Å². The number of benzene rings is 2. The molecular weight excluding hydrogens is 358 g/mol. The molecule has 0 heterocycles. The average molecular weight is 378 g/mol. The molecule has 25 heavy (non-hydrogen) atoms. The van der Waals surface area contributed by atoms with Crippen molar-refractivity contribution < 1.29 is 9.59 Å². The van der Waals surface area contributed by atoms with Crippen LogP contribution in [0.2, 0.25) is 5.02 Å². The molecule has 2 amide bonds. The molecule has 0 aliphatic carbocycles. The zero-order chi connectivity index (χ0) is 18.2. The van der Waals surface area contributed by atoms with Crippen LogP contribution in [0, 0.1) is 0 Å². The molecule has 0 fully saturated rings. The minimum absolute atomic E-state index is 0.241. The molecule has 5 nitrogen and oxygen atoms in total. The van der Waals surface area contributed by atoms with Crippen LogP contribution in [-0.4, -0.2) is 31.7 Å². The Morgan fingerprint density at radius 2 is 1.84 bits per heavy atom. The summed E-state index contributed by atoms with van der Waals surface area (Å²) >= 11 is 7.37. The zero-order valence-electron chi connectivity index (χ0n) is 14.1. The Morgan fingerprint density at radius 1 is 1.08 bits per heavy atom. The van der Waals surface area contributed by atoms with E-state index in [4.69, 9.17) is 11.6 Å². The van der Waals surface area contributed by atoms with E-state index in [0.717, 1.165) is 11.3 Å². The molecule has 0 spiro atoms. The van der Waals surface area contributed by atoms with Gasteiger partial charge in [-0.05, 0) is 35.9 Å². The molecule has 0 aromatic heterocycles. The third kappa shape index (κ3) is 6.32. The molecule has 0 saturated heterocycles. The molecule has 0 saturated carbocycles. The summed E-state index contributed by atoms with van der Waals surface area (Å²) in [6.07, 6.45) is 0. The van der Waals surface area contributed by atoms with Gasteiger partial charge in [0.05, 0.1) is 5.75 Å². The van der Waals surface area contributed by atoms with Crippen LogP contribution in [0.5, 0.6) is 0 Å². The fourth-order valence-electron chi connectivity index (χ4n) is 2.05. The van der Waals surface area contributed by atoms with Gasteiger partial charge in [-0.1, -0.05) is 29.8 Å².